The van der Waals surface area contributed by atoms with Crippen LogP contribution in [0.3, 0.4) is 0 Å². The second kappa shape index (κ2) is 10.8. The summed E-state index contributed by atoms with van der Waals surface area (Å²) in [5.74, 6) is -0.176. The van der Waals surface area contributed by atoms with Crippen LogP contribution in [0.1, 0.15) is 82.1 Å². The molecular weight excluding hydrogens is 444 g/mol. The van der Waals surface area contributed by atoms with E-state index in [0.717, 1.165) is 0 Å². The third-order valence-electron chi connectivity index (χ3n) is 4.67. The fourth-order valence-corrected chi connectivity index (χ4v) is 3.56. The van der Waals surface area contributed by atoms with Gasteiger partial charge in [-0.3, -0.25) is 0 Å². The van der Waals surface area contributed by atoms with Crippen LogP contribution >= 0.6 is 0 Å². The summed E-state index contributed by atoms with van der Waals surface area (Å²) < 4.78 is 19.8. The van der Waals surface area contributed by atoms with Gasteiger partial charge in [0.15, 0.2) is 11.1 Å². The number of ether oxygens (including phenoxy) is 4. The zero-order chi connectivity index (χ0) is 26.5. The van der Waals surface area contributed by atoms with Crippen LogP contribution in [0.15, 0.2) is 0 Å². The van der Waals surface area contributed by atoms with Crippen LogP contribution in [-0.4, -0.2) is 59.6 Å². The van der Waals surface area contributed by atoms with Gasteiger partial charge in [-0.15, -0.1) is 0 Å². The first-order valence-corrected chi connectivity index (χ1v) is 11.7. The monoisotopic (exact) mass is 486 g/mol. The number of hydrogen-bond donors (Lipinski definition) is 2. The van der Waals surface area contributed by atoms with E-state index in [-0.39, 0.29) is 37.0 Å². The van der Waals surface area contributed by atoms with E-state index < -0.39 is 34.5 Å². The molecule has 0 saturated carbocycles. The van der Waals surface area contributed by atoms with E-state index in [0.29, 0.717) is 12.8 Å². The molecule has 0 aliphatic carbocycles. The van der Waals surface area contributed by atoms with Gasteiger partial charge >= 0.3 is 24.1 Å². The normalized spacial score (nSPS) is 24.0. The van der Waals surface area contributed by atoms with Crippen LogP contribution < -0.4 is 10.6 Å². The molecule has 0 radical (unpaired) electrons. The van der Waals surface area contributed by atoms with Gasteiger partial charge in [-0.25, -0.2) is 19.2 Å². The summed E-state index contributed by atoms with van der Waals surface area (Å²) in [4.78, 5) is 46.3. The maximum atomic E-state index is 11.7. The van der Waals surface area contributed by atoms with Gasteiger partial charge in [-0.05, 0) is 66.2 Å². The van der Waals surface area contributed by atoms with E-state index >= 15 is 0 Å². The second-order valence-corrected chi connectivity index (χ2v) is 11.8. The molecule has 0 aromatic carbocycles. The molecule has 2 amide bonds. The highest BCUT2D eigenvalue weighted by Crippen LogP contribution is 2.28. The standard InChI is InChI=1S/2C12H21NO4/c2*1-8(2)6-12(7-16-9(12)14)13-10(15)17-11(3,4)5/h2*8H,6-7H2,1-5H3,(H,13,15)/t2*12-/m00/s1. The predicted octanol–water partition coefficient (Wildman–Crippen LogP) is 3.71. The molecule has 2 saturated heterocycles. The van der Waals surface area contributed by atoms with E-state index in [9.17, 15) is 19.2 Å². The topological polar surface area (TPSA) is 129 Å². The first kappa shape index (κ1) is 29.5. The molecule has 2 rings (SSSR count). The zero-order valence-corrected chi connectivity index (χ0v) is 22.2. The maximum absolute atomic E-state index is 11.7. The van der Waals surface area contributed by atoms with Crippen molar-refractivity contribution in [3.63, 3.8) is 0 Å². The number of nitrogens with one attached hydrogen (secondary N) is 2. The average molecular weight is 487 g/mol. The minimum Gasteiger partial charge on any atom is -0.461 e. The summed E-state index contributed by atoms with van der Waals surface area (Å²) in [7, 11) is 0. The average Bonchev–Trinajstić information content (AvgIpc) is 2.61. The van der Waals surface area contributed by atoms with Crippen LogP contribution in [0.4, 0.5) is 9.59 Å². The van der Waals surface area contributed by atoms with Crippen LogP contribution in [0, 0.1) is 11.8 Å². The van der Waals surface area contributed by atoms with E-state index in [2.05, 4.69) is 10.6 Å². The van der Waals surface area contributed by atoms with Crippen molar-refractivity contribution in [2.45, 2.75) is 104 Å². The number of esters is 2. The van der Waals surface area contributed by atoms with Crippen molar-refractivity contribution >= 4 is 24.1 Å². The Labute approximate surface area is 202 Å². The summed E-state index contributed by atoms with van der Waals surface area (Å²) >= 11 is 0. The molecule has 2 heterocycles. The van der Waals surface area contributed by atoms with Gasteiger partial charge in [0.05, 0.1) is 0 Å². The van der Waals surface area contributed by atoms with Crippen LogP contribution in [0.5, 0.6) is 0 Å². The van der Waals surface area contributed by atoms with E-state index in [1.165, 1.54) is 0 Å². The Hall–Kier alpha value is -2.52. The second-order valence-electron chi connectivity index (χ2n) is 11.8. The van der Waals surface area contributed by atoms with E-state index in [1.807, 2.05) is 27.7 Å². The molecule has 2 aliphatic rings. The van der Waals surface area contributed by atoms with Gasteiger partial charge in [0.2, 0.25) is 0 Å². The number of alkyl carbamates (subject to hydrolysis) is 2. The van der Waals surface area contributed by atoms with Crippen molar-refractivity contribution in [3.05, 3.63) is 0 Å². The molecule has 0 unspecified atom stereocenters. The smallest absolute Gasteiger partial charge is 0.408 e. The fourth-order valence-electron chi connectivity index (χ4n) is 3.56. The van der Waals surface area contributed by atoms with Crippen molar-refractivity contribution in [2.75, 3.05) is 13.2 Å². The number of carbonyl (C=O) groups is 4. The Morgan fingerprint density at radius 3 is 1.21 bits per heavy atom. The van der Waals surface area contributed by atoms with Gasteiger partial charge < -0.3 is 29.6 Å². The number of hydrogen-bond acceptors (Lipinski definition) is 8. The van der Waals surface area contributed by atoms with Gasteiger partial charge in [-0.2, -0.15) is 0 Å². The van der Waals surface area contributed by atoms with Gasteiger partial charge in [0, 0.05) is 0 Å². The molecule has 10 nitrogen and oxygen atoms in total. The quantitative estimate of drug-likeness (QED) is 0.429. The SMILES string of the molecule is CC(C)C[C@]1(NC(=O)OC(C)(C)C)COC1=O.CC(C)C[C@]1(NC(=O)OC(C)(C)C)COC1=O. The lowest BCUT2D eigenvalue weighted by molar-refractivity contribution is -0.177. The van der Waals surface area contributed by atoms with E-state index in [4.69, 9.17) is 18.9 Å². The third-order valence-corrected chi connectivity index (χ3v) is 4.67. The highest BCUT2D eigenvalue weighted by molar-refractivity contribution is 5.90. The van der Waals surface area contributed by atoms with Gasteiger partial charge in [-0.1, -0.05) is 27.7 Å². The minimum absolute atomic E-state index is 0.225. The number of cyclic esters (lactones) is 2. The number of carbonyl (C=O) groups excluding carboxylic acids is 4. The molecule has 10 heteroatoms. The molecule has 2 N–H and O–H groups in total. The molecule has 0 aromatic heterocycles. The van der Waals surface area contributed by atoms with Crippen molar-refractivity contribution in [2.24, 2.45) is 11.8 Å². The Morgan fingerprint density at radius 1 is 0.765 bits per heavy atom. The molecule has 34 heavy (non-hydrogen) atoms. The lowest BCUT2D eigenvalue weighted by Gasteiger charge is -2.40. The Kier molecular flexibility index (Phi) is 9.39. The summed E-state index contributed by atoms with van der Waals surface area (Å²) in [6.07, 6.45) is -0.0273. The molecule has 2 aliphatic heterocycles. The fraction of sp³-hybridized carbons (Fsp3) is 0.833. The summed E-state index contributed by atoms with van der Waals surface area (Å²) in [5.41, 5.74) is -2.93. The first-order valence-electron chi connectivity index (χ1n) is 11.7. The Morgan fingerprint density at radius 2 is 1.06 bits per heavy atom. The van der Waals surface area contributed by atoms with Crippen molar-refractivity contribution in [1.82, 2.24) is 10.6 Å². The van der Waals surface area contributed by atoms with Crippen molar-refractivity contribution < 1.29 is 38.1 Å². The number of amides is 2. The van der Waals surface area contributed by atoms with Crippen LogP contribution in [-0.2, 0) is 28.5 Å². The minimum atomic E-state index is -0.892. The molecule has 0 spiro atoms. The predicted molar refractivity (Wildman–Crippen MR) is 125 cm³/mol. The van der Waals surface area contributed by atoms with Gasteiger partial charge in [0.1, 0.15) is 24.4 Å². The van der Waals surface area contributed by atoms with Crippen LogP contribution in [0.2, 0.25) is 0 Å². The summed E-state index contributed by atoms with van der Waals surface area (Å²) in [5, 5.41) is 5.26. The molecule has 2 fully saturated rings. The molecule has 0 bridgehead atoms. The molecule has 0 aromatic rings. The first-order chi connectivity index (χ1) is 15.3. The summed E-state index contributed by atoms with van der Waals surface area (Å²) in [6, 6.07) is 0. The van der Waals surface area contributed by atoms with E-state index in [1.54, 1.807) is 41.5 Å². The Balaban J connectivity index is 0.000000340. The highest BCUT2D eigenvalue weighted by Gasteiger charge is 2.52. The molecule has 196 valence electrons. The molecular formula is C24H42N2O8. The summed E-state index contributed by atoms with van der Waals surface area (Å²) in [6.45, 7) is 19.1. The van der Waals surface area contributed by atoms with Gasteiger partial charge in [0.25, 0.3) is 0 Å². The lowest BCUT2D eigenvalue weighted by Crippen LogP contribution is -2.66. The maximum Gasteiger partial charge on any atom is 0.408 e. The zero-order valence-electron chi connectivity index (χ0n) is 22.2. The third kappa shape index (κ3) is 9.02. The largest absolute Gasteiger partial charge is 0.461 e. The lowest BCUT2D eigenvalue weighted by atomic mass is 9.86. The van der Waals surface area contributed by atoms with Crippen LogP contribution in [0.25, 0.3) is 0 Å². The molecule has 2 atom stereocenters. The van der Waals surface area contributed by atoms with Crippen molar-refractivity contribution in [3.8, 4) is 0 Å². The highest BCUT2D eigenvalue weighted by atomic mass is 16.6. The Bertz CT molecular complexity index is 702. The van der Waals surface area contributed by atoms with Crippen molar-refractivity contribution in [1.29, 1.82) is 0 Å². The number of rotatable bonds is 6.